The lowest BCUT2D eigenvalue weighted by atomic mass is 9.76. The topological polar surface area (TPSA) is 79.4 Å². The van der Waals surface area contributed by atoms with Gasteiger partial charge < -0.3 is 15.8 Å². The third-order valence-corrected chi connectivity index (χ3v) is 2.82. The van der Waals surface area contributed by atoms with Gasteiger partial charge in [0.25, 0.3) is 0 Å². The van der Waals surface area contributed by atoms with Crippen molar-refractivity contribution in [1.82, 2.24) is 4.98 Å². The molecule has 0 saturated carbocycles. The van der Waals surface area contributed by atoms with Crippen LogP contribution in [0, 0.1) is 0 Å². The van der Waals surface area contributed by atoms with E-state index >= 15 is 0 Å². The number of nitrogen functional groups attached to an aromatic ring is 1. The van der Waals surface area contributed by atoms with Gasteiger partial charge in [0.2, 0.25) is 0 Å². The quantitative estimate of drug-likeness (QED) is 0.608. The van der Waals surface area contributed by atoms with Crippen molar-refractivity contribution >= 4 is 35.1 Å². The van der Waals surface area contributed by atoms with Gasteiger partial charge in [-0.3, -0.25) is 0 Å². The van der Waals surface area contributed by atoms with Gasteiger partial charge in [0.15, 0.2) is 5.13 Å². The lowest BCUT2D eigenvalue weighted by molar-refractivity contribution is 0.427. The van der Waals surface area contributed by atoms with Crippen LogP contribution >= 0.6 is 11.3 Å². The molecule has 76 valence electrons. The number of nitrogens with two attached hydrogens (primary N) is 1. The van der Waals surface area contributed by atoms with Gasteiger partial charge >= 0.3 is 7.12 Å². The van der Waals surface area contributed by atoms with E-state index in [1.54, 1.807) is 18.2 Å². The molecule has 1 aromatic heterocycles. The lowest BCUT2D eigenvalue weighted by Crippen LogP contribution is -2.15. The molecule has 0 unspecified atom stereocenters. The van der Waals surface area contributed by atoms with Crippen LogP contribution < -0.4 is 5.73 Å². The molecular formula is C9H9BN2O2S. The molecule has 0 fully saturated rings. The minimum absolute atomic E-state index is 0.360. The predicted molar refractivity (Wildman–Crippen MR) is 62.9 cm³/mol. The number of rotatable bonds is 1. The Balaban J connectivity index is 2.57. The number of nitrogens with zero attached hydrogens (tertiary/aromatic N) is 1. The highest BCUT2D eigenvalue weighted by Gasteiger charge is 2.22. The minimum Gasteiger partial charge on any atom is -0.423 e. The molecule has 0 amide bonds. The van der Waals surface area contributed by atoms with Crippen LogP contribution in [0.5, 0.6) is 0 Å². The smallest absolute Gasteiger partial charge is 0.423 e. The van der Waals surface area contributed by atoms with E-state index < -0.39 is 7.12 Å². The van der Waals surface area contributed by atoms with Crippen molar-refractivity contribution in [2.24, 2.45) is 0 Å². The lowest BCUT2D eigenvalue weighted by Gasteiger charge is -2.04. The van der Waals surface area contributed by atoms with Crippen molar-refractivity contribution in [2.45, 2.75) is 0 Å². The SMILES string of the molecule is Nc1nc2c(s1)/C=C/C=C\C=C/2B(O)O. The second kappa shape index (κ2) is 4.02. The Bertz CT molecular complexity index is 463. The van der Waals surface area contributed by atoms with Crippen molar-refractivity contribution in [3.63, 3.8) is 0 Å². The minimum atomic E-state index is -1.54. The Labute approximate surface area is 91.2 Å². The summed E-state index contributed by atoms with van der Waals surface area (Å²) in [6.45, 7) is 0. The van der Waals surface area contributed by atoms with Gasteiger partial charge in [-0.05, 0) is 6.08 Å². The van der Waals surface area contributed by atoms with E-state index in [4.69, 9.17) is 5.73 Å². The van der Waals surface area contributed by atoms with Crippen molar-refractivity contribution < 1.29 is 10.0 Å². The predicted octanol–water partition coefficient (Wildman–Crippen LogP) is 0.704. The second-order valence-corrected chi connectivity index (χ2v) is 4.07. The van der Waals surface area contributed by atoms with Crippen molar-refractivity contribution in [1.29, 1.82) is 0 Å². The fourth-order valence-electron chi connectivity index (χ4n) is 1.32. The molecule has 1 heterocycles. The van der Waals surface area contributed by atoms with E-state index in [1.165, 1.54) is 11.3 Å². The molecule has 0 bridgehead atoms. The van der Waals surface area contributed by atoms with Crippen LogP contribution in [0.25, 0.3) is 11.5 Å². The van der Waals surface area contributed by atoms with Gasteiger partial charge in [0, 0.05) is 5.47 Å². The number of hydrogen-bond donors (Lipinski definition) is 3. The largest absolute Gasteiger partial charge is 0.490 e. The monoisotopic (exact) mass is 220 g/mol. The molecule has 4 nitrogen and oxygen atoms in total. The fraction of sp³-hybridized carbons (Fsp3) is 0. The summed E-state index contributed by atoms with van der Waals surface area (Å²) in [7, 11) is -1.54. The van der Waals surface area contributed by atoms with Crippen LogP contribution in [-0.4, -0.2) is 22.2 Å². The Morgan fingerprint density at radius 1 is 1.27 bits per heavy atom. The summed E-state index contributed by atoms with van der Waals surface area (Å²) in [4.78, 5) is 4.91. The first-order valence-electron chi connectivity index (χ1n) is 4.36. The van der Waals surface area contributed by atoms with Crippen LogP contribution in [0.3, 0.4) is 0 Å². The number of anilines is 1. The van der Waals surface area contributed by atoms with Crippen molar-refractivity contribution in [2.75, 3.05) is 5.73 Å². The summed E-state index contributed by atoms with van der Waals surface area (Å²) in [5, 5.41) is 18.8. The molecule has 1 aromatic rings. The molecule has 0 atom stereocenters. The van der Waals surface area contributed by atoms with Gasteiger partial charge in [-0.2, -0.15) is 0 Å². The number of aromatic nitrogens is 1. The zero-order valence-corrected chi connectivity index (χ0v) is 8.61. The maximum atomic E-state index is 9.20. The fourth-order valence-corrected chi connectivity index (χ4v) is 2.09. The van der Waals surface area contributed by atoms with E-state index in [1.807, 2.05) is 12.2 Å². The normalized spacial score (nSPS) is 21.9. The zero-order valence-electron chi connectivity index (χ0n) is 7.79. The first kappa shape index (κ1) is 10.2. The maximum Gasteiger partial charge on any atom is 0.490 e. The Morgan fingerprint density at radius 3 is 2.80 bits per heavy atom. The van der Waals surface area contributed by atoms with Gasteiger partial charge in [-0.15, -0.1) is 0 Å². The molecule has 0 aliphatic heterocycles. The highest BCUT2D eigenvalue weighted by Crippen LogP contribution is 2.29. The van der Waals surface area contributed by atoms with Gasteiger partial charge in [0.1, 0.15) is 0 Å². The third kappa shape index (κ3) is 2.01. The number of hydrogen-bond acceptors (Lipinski definition) is 5. The standard InChI is InChI=1S/C9H9BN2O2S/c11-9-12-8-6(10(13)14)4-2-1-3-5-7(8)15-9/h1-5,13-14H,(H2,11,12)/b2-1-,3-1?,4-2?,5-3+,6-4+,7-5?,8-6?. The molecule has 2 rings (SSSR count). The first-order chi connectivity index (χ1) is 7.18. The molecule has 6 heteroatoms. The Kier molecular flexibility index (Phi) is 2.72. The van der Waals surface area contributed by atoms with E-state index in [0.29, 0.717) is 16.3 Å². The molecule has 0 radical (unpaired) electrons. The van der Waals surface area contributed by atoms with Gasteiger partial charge in [0.05, 0.1) is 10.6 Å². The average Bonchev–Trinajstić information content (AvgIpc) is 2.47. The van der Waals surface area contributed by atoms with Gasteiger partial charge in [-0.25, -0.2) is 4.98 Å². The molecular weight excluding hydrogens is 211 g/mol. The first-order valence-corrected chi connectivity index (χ1v) is 5.18. The molecule has 1 aliphatic rings. The summed E-state index contributed by atoms with van der Waals surface area (Å²) < 4.78 is 0. The maximum absolute atomic E-state index is 9.20. The van der Waals surface area contributed by atoms with E-state index in [9.17, 15) is 10.0 Å². The number of fused-ring (bicyclic) bond motifs is 1. The number of allylic oxidation sites excluding steroid dienone is 4. The van der Waals surface area contributed by atoms with Gasteiger partial charge in [-0.1, -0.05) is 35.6 Å². The summed E-state index contributed by atoms with van der Waals surface area (Å²) >= 11 is 1.32. The Morgan fingerprint density at radius 2 is 2.07 bits per heavy atom. The van der Waals surface area contributed by atoms with Crippen molar-refractivity contribution in [3.05, 3.63) is 34.9 Å². The van der Waals surface area contributed by atoms with Crippen LogP contribution in [0.2, 0.25) is 0 Å². The molecule has 0 saturated heterocycles. The summed E-state index contributed by atoms with van der Waals surface area (Å²) in [5.74, 6) is 0. The molecule has 4 N–H and O–H groups in total. The highest BCUT2D eigenvalue weighted by molar-refractivity contribution is 7.16. The summed E-state index contributed by atoms with van der Waals surface area (Å²) in [5.41, 5.74) is 6.48. The van der Waals surface area contributed by atoms with E-state index in [-0.39, 0.29) is 0 Å². The molecule has 15 heavy (non-hydrogen) atoms. The third-order valence-electron chi connectivity index (χ3n) is 1.97. The summed E-state index contributed by atoms with van der Waals surface area (Å²) in [6.07, 6.45) is 8.85. The molecule has 0 aromatic carbocycles. The van der Waals surface area contributed by atoms with Crippen LogP contribution in [0.4, 0.5) is 5.13 Å². The number of thiazole rings is 1. The van der Waals surface area contributed by atoms with E-state index in [0.717, 1.165) is 4.88 Å². The highest BCUT2D eigenvalue weighted by atomic mass is 32.1. The molecule has 0 spiro atoms. The Hall–Kier alpha value is -1.37. The average molecular weight is 220 g/mol. The van der Waals surface area contributed by atoms with Crippen LogP contribution in [0.15, 0.2) is 24.3 Å². The van der Waals surface area contributed by atoms with Crippen LogP contribution in [-0.2, 0) is 0 Å². The zero-order chi connectivity index (χ0) is 10.8. The van der Waals surface area contributed by atoms with E-state index in [2.05, 4.69) is 4.98 Å². The molecule has 1 aliphatic carbocycles. The van der Waals surface area contributed by atoms with Crippen LogP contribution in [0.1, 0.15) is 10.6 Å². The summed E-state index contributed by atoms with van der Waals surface area (Å²) in [6, 6.07) is 0. The second-order valence-electron chi connectivity index (χ2n) is 3.00. The van der Waals surface area contributed by atoms with Crippen molar-refractivity contribution in [3.8, 4) is 0 Å².